The summed E-state index contributed by atoms with van der Waals surface area (Å²) in [6.45, 7) is 0. The molecule has 2 aromatic heterocycles. The van der Waals surface area contributed by atoms with Crippen LogP contribution in [0.4, 0.5) is 0 Å². The number of aryl methyl sites for hydroxylation is 1. The first-order valence-electron chi connectivity index (χ1n) is 9.11. The molecule has 2 aromatic rings. The molecule has 4 heteroatoms. The lowest BCUT2D eigenvalue weighted by molar-refractivity contribution is 0.681. The van der Waals surface area contributed by atoms with E-state index in [9.17, 15) is 5.26 Å². The van der Waals surface area contributed by atoms with E-state index in [4.69, 9.17) is 4.98 Å². The van der Waals surface area contributed by atoms with Crippen LogP contribution in [-0.4, -0.2) is 15.0 Å². The molecule has 24 heavy (non-hydrogen) atoms. The number of rotatable bonds is 2. The Morgan fingerprint density at radius 1 is 0.958 bits per heavy atom. The van der Waals surface area contributed by atoms with Crippen molar-refractivity contribution in [2.45, 2.75) is 63.7 Å². The molecule has 0 aromatic carbocycles. The number of pyridine rings is 1. The van der Waals surface area contributed by atoms with Gasteiger partial charge in [-0.2, -0.15) is 5.26 Å². The predicted octanol–water partition coefficient (Wildman–Crippen LogP) is 4.34. The summed E-state index contributed by atoms with van der Waals surface area (Å²) in [6, 6.07) is 4.29. The van der Waals surface area contributed by atoms with E-state index in [0.717, 1.165) is 48.9 Å². The summed E-state index contributed by atoms with van der Waals surface area (Å²) in [6.07, 6.45) is 13.9. The predicted molar refractivity (Wildman–Crippen MR) is 92.4 cm³/mol. The number of nitriles is 1. The second kappa shape index (κ2) is 6.68. The van der Waals surface area contributed by atoms with Crippen molar-refractivity contribution in [3.63, 3.8) is 0 Å². The van der Waals surface area contributed by atoms with E-state index in [0.29, 0.717) is 11.7 Å². The van der Waals surface area contributed by atoms with Crippen molar-refractivity contribution in [1.82, 2.24) is 15.0 Å². The summed E-state index contributed by atoms with van der Waals surface area (Å²) in [5.74, 6) is 1.12. The zero-order valence-electron chi connectivity index (χ0n) is 14.0. The Morgan fingerprint density at radius 2 is 1.71 bits per heavy atom. The highest BCUT2D eigenvalue weighted by molar-refractivity contribution is 5.71. The molecule has 2 heterocycles. The average molecular weight is 318 g/mol. The monoisotopic (exact) mass is 318 g/mol. The van der Waals surface area contributed by atoms with E-state index < -0.39 is 0 Å². The molecular formula is C20H22N4. The van der Waals surface area contributed by atoms with Crippen molar-refractivity contribution in [2.75, 3.05) is 0 Å². The van der Waals surface area contributed by atoms with Gasteiger partial charge in [0, 0.05) is 29.6 Å². The van der Waals surface area contributed by atoms with Crippen LogP contribution in [0.15, 0.2) is 18.5 Å². The van der Waals surface area contributed by atoms with E-state index in [-0.39, 0.29) is 0 Å². The molecule has 4 nitrogen and oxygen atoms in total. The van der Waals surface area contributed by atoms with Gasteiger partial charge in [-0.15, -0.1) is 0 Å². The molecule has 0 N–H and O–H groups in total. The summed E-state index contributed by atoms with van der Waals surface area (Å²) >= 11 is 0. The lowest BCUT2D eigenvalue weighted by Crippen LogP contribution is -2.11. The maximum atomic E-state index is 9.95. The van der Waals surface area contributed by atoms with Crippen molar-refractivity contribution in [3.05, 3.63) is 41.0 Å². The van der Waals surface area contributed by atoms with E-state index >= 15 is 0 Å². The lowest BCUT2D eigenvalue weighted by Gasteiger charge is -2.19. The van der Waals surface area contributed by atoms with Crippen LogP contribution in [0.3, 0.4) is 0 Å². The van der Waals surface area contributed by atoms with Gasteiger partial charge in [0.05, 0.1) is 11.3 Å². The van der Waals surface area contributed by atoms with E-state index in [1.807, 2.05) is 6.07 Å². The van der Waals surface area contributed by atoms with Crippen LogP contribution in [0.25, 0.3) is 11.4 Å². The molecule has 0 aliphatic heterocycles. The molecule has 0 spiro atoms. The van der Waals surface area contributed by atoms with Crippen molar-refractivity contribution < 1.29 is 0 Å². The number of hydrogen-bond donors (Lipinski definition) is 0. The van der Waals surface area contributed by atoms with Gasteiger partial charge < -0.3 is 0 Å². The minimum atomic E-state index is 0.427. The van der Waals surface area contributed by atoms with Gasteiger partial charge in [0.25, 0.3) is 0 Å². The van der Waals surface area contributed by atoms with Gasteiger partial charge in [-0.05, 0) is 50.2 Å². The van der Waals surface area contributed by atoms with E-state index in [2.05, 4.69) is 16.0 Å². The summed E-state index contributed by atoms with van der Waals surface area (Å²) in [4.78, 5) is 14.0. The van der Waals surface area contributed by atoms with Gasteiger partial charge in [0.15, 0.2) is 5.82 Å². The summed E-state index contributed by atoms with van der Waals surface area (Å²) in [5, 5.41) is 9.95. The minimum Gasteiger partial charge on any atom is -0.256 e. The quantitative estimate of drug-likeness (QED) is 0.773. The van der Waals surface area contributed by atoms with Gasteiger partial charge in [-0.25, -0.2) is 9.97 Å². The van der Waals surface area contributed by atoms with Crippen molar-refractivity contribution in [3.8, 4) is 17.5 Å². The SMILES string of the molecule is N#Cc1c(C2CCCC2)nc2c(c1-c1ncccn1)CCCCC2. The maximum absolute atomic E-state index is 9.95. The van der Waals surface area contributed by atoms with Gasteiger partial charge in [-0.1, -0.05) is 19.3 Å². The fraction of sp³-hybridized carbons (Fsp3) is 0.500. The third-order valence-corrected chi connectivity index (χ3v) is 5.40. The summed E-state index contributed by atoms with van der Waals surface area (Å²) in [5.41, 5.74) is 5.12. The van der Waals surface area contributed by atoms with Crippen LogP contribution in [-0.2, 0) is 12.8 Å². The zero-order chi connectivity index (χ0) is 16.4. The molecule has 0 saturated heterocycles. The Bertz CT molecular complexity index is 770. The van der Waals surface area contributed by atoms with Gasteiger partial charge in [0.2, 0.25) is 0 Å². The molecule has 1 fully saturated rings. The second-order valence-corrected chi connectivity index (χ2v) is 6.90. The number of nitrogens with zero attached hydrogens (tertiary/aromatic N) is 4. The van der Waals surface area contributed by atoms with Crippen LogP contribution in [0, 0.1) is 11.3 Å². The third-order valence-electron chi connectivity index (χ3n) is 5.40. The fourth-order valence-electron chi connectivity index (χ4n) is 4.22. The van der Waals surface area contributed by atoms with Crippen LogP contribution >= 0.6 is 0 Å². The molecule has 0 atom stereocenters. The molecule has 122 valence electrons. The molecule has 0 bridgehead atoms. The maximum Gasteiger partial charge on any atom is 0.160 e. The number of fused-ring (bicyclic) bond motifs is 1. The summed E-state index contributed by atoms with van der Waals surface area (Å²) < 4.78 is 0. The smallest absolute Gasteiger partial charge is 0.160 e. The Hall–Kier alpha value is -2.28. The van der Waals surface area contributed by atoms with E-state index in [1.165, 1.54) is 36.9 Å². The molecular weight excluding hydrogens is 296 g/mol. The number of hydrogen-bond acceptors (Lipinski definition) is 4. The average Bonchev–Trinajstić information content (AvgIpc) is 3.06. The Kier molecular flexibility index (Phi) is 4.25. The molecule has 4 rings (SSSR count). The third kappa shape index (κ3) is 2.69. The minimum absolute atomic E-state index is 0.427. The Labute approximate surface area is 143 Å². The fourth-order valence-corrected chi connectivity index (χ4v) is 4.22. The first-order chi connectivity index (χ1) is 11.9. The van der Waals surface area contributed by atoms with Crippen LogP contribution in [0.2, 0.25) is 0 Å². The van der Waals surface area contributed by atoms with Crippen LogP contribution < -0.4 is 0 Å². The van der Waals surface area contributed by atoms with Gasteiger partial charge in [-0.3, -0.25) is 4.98 Å². The molecule has 0 amide bonds. The van der Waals surface area contributed by atoms with Crippen molar-refractivity contribution in [1.29, 1.82) is 5.26 Å². The largest absolute Gasteiger partial charge is 0.256 e. The van der Waals surface area contributed by atoms with E-state index in [1.54, 1.807) is 12.4 Å². The highest BCUT2D eigenvalue weighted by Gasteiger charge is 2.28. The number of aromatic nitrogens is 3. The molecule has 0 radical (unpaired) electrons. The Balaban J connectivity index is 1.97. The molecule has 0 unspecified atom stereocenters. The second-order valence-electron chi connectivity index (χ2n) is 6.90. The van der Waals surface area contributed by atoms with Crippen LogP contribution in [0.1, 0.15) is 73.4 Å². The standard InChI is InChI=1S/C20H22N4/c21-13-16-18(20-22-11-6-12-23-20)15-9-2-1-3-10-17(15)24-19(16)14-7-4-5-8-14/h6,11-12,14H,1-5,7-10H2. The lowest BCUT2D eigenvalue weighted by atomic mass is 9.90. The topological polar surface area (TPSA) is 62.5 Å². The van der Waals surface area contributed by atoms with Gasteiger partial charge >= 0.3 is 0 Å². The highest BCUT2D eigenvalue weighted by Crippen LogP contribution is 2.40. The van der Waals surface area contributed by atoms with Crippen molar-refractivity contribution >= 4 is 0 Å². The molecule has 2 aliphatic rings. The van der Waals surface area contributed by atoms with Gasteiger partial charge in [0.1, 0.15) is 6.07 Å². The van der Waals surface area contributed by atoms with Crippen molar-refractivity contribution in [2.24, 2.45) is 0 Å². The normalized spacial score (nSPS) is 18.0. The first-order valence-corrected chi connectivity index (χ1v) is 9.11. The molecule has 1 saturated carbocycles. The highest BCUT2D eigenvalue weighted by atomic mass is 14.9. The first kappa shape index (κ1) is 15.3. The Morgan fingerprint density at radius 3 is 2.46 bits per heavy atom. The summed E-state index contributed by atoms with van der Waals surface area (Å²) in [7, 11) is 0. The van der Waals surface area contributed by atoms with Crippen LogP contribution in [0.5, 0.6) is 0 Å². The molecule has 2 aliphatic carbocycles. The zero-order valence-corrected chi connectivity index (χ0v) is 14.0.